The Morgan fingerprint density at radius 3 is 1.22 bits per heavy atom. The summed E-state index contributed by atoms with van der Waals surface area (Å²) in [4.78, 5) is 0. The highest BCUT2D eigenvalue weighted by Crippen LogP contribution is 2.47. The third-order valence-corrected chi connectivity index (χ3v) is 11.3. The molecule has 10 aromatic rings. The van der Waals surface area contributed by atoms with Crippen LogP contribution in [-0.4, -0.2) is 9.13 Å². The minimum Gasteiger partial charge on any atom is -0.309 e. The average molecular weight is 769 g/mol. The van der Waals surface area contributed by atoms with Gasteiger partial charge in [-0.05, 0) is 119 Å². The second kappa shape index (κ2) is 13.3. The summed E-state index contributed by atoms with van der Waals surface area (Å²) in [5.41, 5.74) is 7.40. The fourth-order valence-electron chi connectivity index (χ4n) is 8.74. The van der Waals surface area contributed by atoms with Crippen LogP contribution < -0.4 is 0 Å². The van der Waals surface area contributed by atoms with E-state index in [0.29, 0.717) is 22.1 Å². The van der Waals surface area contributed by atoms with E-state index >= 15 is 13.2 Å². The van der Waals surface area contributed by atoms with Crippen molar-refractivity contribution in [3.05, 3.63) is 192 Å². The van der Waals surface area contributed by atoms with E-state index in [0.717, 1.165) is 73.1 Å². The zero-order valence-electron chi connectivity index (χ0n) is 31.4. The summed E-state index contributed by atoms with van der Waals surface area (Å²) in [6.45, 7) is 4.05. The first-order valence-corrected chi connectivity index (χ1v) is 19.0. The molecule has 0 atom stereocenters. The summed E-state index contributed by atoms with van der Waals surface area (Å²) in [5.74, 6) is -1.67. The molecular formula is C51H33F5N2. The third-order valence-electron chi connectivity index (χ3n) is 11.3. The molecule has 0 bridgehead atoms. The maximum atomic E-state index is 16.3. The second-order valence-electron chi connectivity index (χ2n) is 14.8. The number of hydrogen-bond donors (Lipinski definition) is 0. The van der Waals surface area contributed by atoms with E-state index in [9.17, 15) is 8.78 Å². The van der Waals surface area contributed by atoms with Crippen molar-refractivity contribution in [3.8, 4) is 44.8 Å². The van der Waals surface area contributed by atoms with Gasteiger partial charge in [0.1, 0.15) is 17.2 Å². The molecule has 2 nitrogen and oxygen atoms in total. The number of benzene rings is 8. The van der Waals surface area contributed by atoms with E-state index in [2.05, 4.69) is 0 Å². The molecule has 0 fully saturated rings. The van der Waals surface area contributed by atoms with Gasteiger partial charge in [0.15, 0.2) is 0 Å². The Balaban J connectivity index is 1.34. The summed E-state index contributed by atoms with van der Waals surface area (Å²) >= 11 is 0. The van der Waals surface area contributed by atoms with E-state index in [1.54, 1.807) is 21.3 Å². The Bertz CT molecular complexity index is 3070. The van der Waals surface area contributed by atoms with Crippen LogP contribution in [0.15, 0.2) is 164 Å². The number of hydrogen-bond acceptors (Lipinski definition) is 0. The molecule has 0 aliphatic heterocycles. The number of nitrogens with zero attached hydrogens (tertiary/aromatic N) is 2. The normalized spacial score (nSPS) is 12.1. The van der Waals surface area contributed by atoms with Gasteiger partial charge in [-0.1, -0.05) is 97.1 Å². The van der Waals surface area contributed by atoms with Crippen LogP contribution in [0, 0.1) is 25.5 Å². The first kappa shape index (κ1) is 35.4. The highest BCUT2D eigenvalue weighted by Gasteiger charge is 2.39. The summed E-state index contributed by atoms with van der Waals surface area (Å²) in [7, 11) is 0. The summed E-state index contributed by atoms with van der Waals surface area (Å²) in [5, 5.41) is 3.08. The monoisotopic (exact) mass is 768 g/mol. The van der Waals surface area contributed by atoms with Gasteiger partial charge >= 0.3 is 6.18 Å². The molecule has 0 aliphatic carbocycles. The minimum absolute atomic E-state index is 0.110. The van der Waals surface area contributed by atoms with Gasteiger partial charge in [-0.3, -0.25) is 0 Å². The van der Waals surface area contributed by atoms with E-state index in [4.69, 9.17) is 0 Å². The molecule has 0 radical (unpaired) electrons. The molecule has 58 heavy (non-hydrogen) atoms. The van der Waals surface area contributed by atoms with Gasteiger partial charge in [0, 0.05) is 27.6 Å². The van der Waals surface area contributed by atoms with Crippen LogP contribution in [-0.2, 0) is 6.18 Å². The van der Waals surface area contributed by atoms with Gasteiger partial charge in [0.2, 0.25) is 0 Å². The first-order valence-electron chi connectivity index (χ1n) is 19.0. The number of aromatic nitrogens is 2. The van der Waals surface area contributed by atoms with Gasteiger partial charge < -0.3 is 9.13 Å². The van der Waals surface area contributed by atoms with Crippen molar-refractivity contribution in [3.63, 3.8) is 0 Å². The molecule has 7 heteroatoms. The Labute approximate surface area is 330 Å². The lowest BCUT2D eigenvalue weighted by Crippen LogP contribution is -2.16. The standard InChI is InChI=1S/C51H33F5N2/c1-30-11-3-5-13-38(30)32-19-21-46-42(25-32)40-15-7-9-17-44(40)57(46)48-27-35(34-23-36(52)29-37(53)24-34)28-49(50(48)51(54,55)56)58-45-18-10-8-16-41(45)43-26-33(20-22-47(43)58)39-14-6-4-12-31(39)2/h3-29H,1-2H3. The van der Waals surface area contributed by atoms with Crippen LogP contribution in [0.5, 0.6) is 0 Å². The van der Waals surface area contributed by atoms with Crippen molar-refractivity contribution >= 4 is 43.6 Å². The topological polar surface area (TPSA) is 9.86 Å². The number of para-hydroxylation sites is 2. The highest BCUT2D eigenvalue weighted by atomic mass is 19.4. The maximum Gasteiger partial charge on any atom is 0.420 e. The largest absolute Gasteiger partial charge is 0.420 e. The molecule has 0 aliphatic rings. The minimum atomic E-state index is -4.88. The van der Waals surface area contributed by atoms with E-state index in [1.807, 2.05) is 135 Å². The van der Waals surface area contributed by atoms with Crippen LogP contribution in [0.3, 0.4) is 0 Å². The Hall–Kier alpha value is -6.99. The van der Waals surface area contributed by atoms with Gasteiger partial charge in [-0.2, -0.15) is 13.2 Å². The lowest BCUT2D eigenvalue weighted by atomic mass is 9.98. The number of rotatable bonds is 5. The molecule has 0 amide bonds. The lowest BCUT2D eigenvalue weighted by molar-refractivity contribution is -0.137. The molecule has 0 N–H and O–H groups in total. The fourth-order valence-corrected chi connectivity index (χ4v) is 8.74. The molecule has 0 saturated heterocycles. The van der Waals surface area contributed by atoms with E-state index in [-0.39, 0.29) is 22.5 Å². The highest BCUT2D eigenvalue weighted by molar-refractivity contribution is 6.12. The van der Waals surface area contributed by atoms with E-state index in [1.165, 1.54) is 12.1 Å². The third kappa shape index (κ3) is 5.68. The Morgan fingerprint density at radius 2 is 0.776 bits per heavy atom. The molecule has 2 heterocycles. The number of fused-ring (bicyclic) bond motifs is 6. The first-order chi connectivity index (χ1) is 28.0. The maximum absolute atomic E-state index is 16.3. The van der Waals surface area contributed by atoms with Crippen molar-refractivity contribution < 1.29 is 22.0 Å². The predicted octanol–water partition coefficient (Wildman–Crippen LogP) is 14.8. The quantitative estimate of drug-likeness (QED) is 0.154. The number of halogens is 5. The van der Waals surface area contributed by atoms with Crippen molar-refractivity contribution in [1.82, 2.24) is 9.13 Å². The van der Waals surface area contributed by atoms with Crippen molar-refractivity contribution in [2.24, 2.45) is 0 Å². The van der Waals surface area contributed by atoms with Gasteiger partial charge in [-0.15, -0.1) is 0 Å². The van der Waals surface area contributed by atoms with Crippen molar-refractivity contribution in [2.45, 2.75) is 20.0 Å². The summed E-state index contributed by atoms with van der Waals surface area (Å²) < 4.78 is 82.0. The van der Waals surface area contributed by atoms with Gasteiger partial charge in [0.25, 0.3) is 0 Å². The molecule has 0 unspecified atom stereocenters. The van der Waals surface area contributed by atoms with E-state index < -0.39 is 23.4 Å². The van der Waals surface area contributed by atoms with Crippen molar-refractivity contribution in [2.75, 3.05) is 0 Å². The van der Waals surface area contributed by atoms with Crippen LogP contribution >= 0.6 is 0 Å². The zero-order valence-corrected chi connectivity index (χ0v) is 31.4. The molecule has 8 aromatic carbocycles. The van der Waals surface area contributed by atoms with Crippen LogP contribution in [0.2, 0.25) is 0 Å². The number of alkyl halides is 3. The summed E-state index contributed by atoms with van der Waals surface area (Å²) in [6.07, 6.45) is -4.88. The molecule has 0 spiro atoms. The second-order valence-corrected chi connectivity index (χ2v) is 14.8. The molecule has 282 valence electrons. The van der Waals surface area contributed by atoms with Crippen molar-refractivity contribution in [1.29, 1.82) is 0 Å². The molecule has 2 aromatic heterocycles. The lowest BCUT2D eigenvalue weighted by Gasteiger charge is -2.23. The molecular weight excluding hydrogens is 736 g/mol. The predicted molar refractivity (Wildman–Crippen MR) is 226 cm³/mol. The van der Waals surface area contributed by atoms with Gasteiger partial charge in [0.05, 0.1) is 33.4 Å². The summed E-state index contributed by atoms with van der Waals surface area (Å²) in [6, 6.07) is 48.3. The van der Waals surface area contributed by atoms with Crippen LogP contribution in [0.4, 0.5) is 22.0 Å². The average Bonchev–Trinajstić information content (AvgIpc) is 3.72. The SMILES string of the molecule is Cc1ccccc1-c1ccc2c(c1)c1ccccc1n2-c1cc(-c2cc(F)cc(F)c2)cc(-n2c3ccccc3c3cc(-c4ccccc4C)ccc32)c1C(F)(F)F. The molecule has 0 saturated carbocycles. The zero-order chi connectivity index (χ0) is 39.9. The van der Waals surface area contributed by atoms with Gasteiger partial charge in [-0.25, -0.2) is 8.78 Å². The Morgan fingerprint density at radius 1 is 0.379 bits per heavy atom. The van der Waals surface area contributed by atoms with Crippen LogP contribution in [0.25, 0.3) is 88.4 Å². The number of aryl methyl sites for hydroxylation is 2. The Kier molecular flexibility index (Phi) is 8.13. The smallest absolute Gasteiger partial charge is 0.309 e. The molecule has 10 rings (SSSR count). The van der Waals surface area contributed by atoms with Crippen LogP contribution in [0.1, 0.15) is 16.7 Å². The fraction of sp³-hybridized carbons (Fsp3) is 0.0588.